The van der Waals surface area contributed by atoms with E-state index in [9.17, 15) is 5.11 Å². The van der Waals surface area contributed by atoms with Crippen LogP contribution in [0.15, 0.2) is 188 Å². The van der Waals surface area contributed by atoms with Crippen molar-refractivity contribution in [3.63, 3.8) is 0 Å². The molecular weight excluding hydrogens is 746 g/mol. The van der Waals surface area contributed by atoms with Crippen LogP contribution in [0.4, 0.5) is 5.95 Å². The minimum Gasteiger partial charge on any atom is -0.387 e. The van der Waals surface area contributed by atoms with Crippen LogP contribution in [0.5, 0.6) is 0 Å². The van der Waals surface area contributed by atoms with Crippen molar-refractivity contribution in [1.29, 1.82) is 0 Å². The van der Waals surface area contributed by atoms with Gasteiger partial charge in [-0.15, -0.1) is 0 Å². The monoisotopic (exact) mass is 785 g/mol. The van der Waals surface area contributed by atoms with Crippen LogP contribution in [0.3, 0.4) is 0 Å². The summed E-state index contributed by atoms with van der Waals surface area (Å²) >= 11 is 6.55. The number of aliphatic hydroxyl groups is 1. The third-order valence-electron chi connectivity index (χ3n) is 10.8. The lowest BCUT2D eigenvalue weighted by Gasteiger charge is -2.40. The second kappa shape index (κ2) is 16.0. The van der Waals surface area contributed by atoms with Gasteiger partial charge in [0, 0.05) is 0 Å². The van der Waals surface area contributed by atoms with Gasteiger partial charge in [-0.25, -0.2) is 4.98 Å². The number of nitrogens with two attached hydrogens (primary N) is 1. The fourth-order valence-corrected chi connectivity index (χ4v) is 8.41. The first-order chi connectivity index (χ1) is 28.5. The minimum absolute atomic E-state index is 0.0271. The van der Waals surface area contributed by atoms with Crippen molar-refractivity contribution in [2.45, 2.75) is 35.7 Å². The Morgan fingerprint density at radius 1 is 0.603 bits per heavy atom. The molecule has 1 fully saturated rings. The average molecular weight is 786 g/mol. The number of hydrogen-bond acceptors (Lipinski definition) is 8. The summed E-state index contributed by atoms with van der Waals surface area (Å²) in [5, 5.41) is 12.9. The highest BCUT2D eigenvalue weighted by Crippen LogP contribution is 2.47. The summed E-state index contributed by atoms with van der Waals surface area (Å²) in [6, 6.07) is 60.3. The number of benzene rings is 6. The van der Waals surface area contributed by atoms with Gasteiger partial charge in [0.15, 0.2) is 17.0 Å². The zero-order chi connectivity index (χ0) is 39.5. The molecule has 10 heteroatoms. The molecule has 0 saturated carbocycles. The normalized spacial score (nSPS) is 18.4. The van der Waals surface area contributed by atoms with E-state index in [1.54, 1.807) is 10.9 Å². The van der Waals surface area contributed by atoms with E-state index >= 15 is 0 Å². The number of hydrogen-bond donors (Lipinski definition) is 2. The van der Waals surface area contributed by atoms with Gasteiger partial charge in [-0.3, -0.25) is 4.57 Å². The molecule has 0 unspecified atom stereocenters. The number of nitrogens with zero attached hydrogens (tertiary/aromatic N) is 4. The summed E-state index contributed by atoms with van der Waals surface area (Å²) in [4.78, 5) is 13.2. The molecule has 4 atom stereocenters. The molecule has 1 saturated heterocycles. The van der Waals surface area contributed by atoms with Crippen molar-refractivity contribution < 1.29 is 19.3 Å². The maximum Gasteiger partial charge on any atom is 0.223 e. The molecule has 9 nitrogen and oxygen atoms in total. The van der Waals surface area contributed by atoms with Crippen LogP contribution in [0.25, 0.3) is 11.2 Å². The Labute approximate surface area is 341 Å². The van der Waals surface area contributed by atoms with Gasteiger partial charge >= 0.3 is 0 Å². The lowest BCUT2D eigenvalue weighted by Crippen LogP contribution is -2.45. The summed E-state index contributed by atoms with van der Waals surface area (Å²) in [5.41, 5.74) is 9.87. The zero-order valence-corrected chi connectivity index (χ0v) is 32.1. The van der Waals surface area contributed by atoms with Gasteiger partial charge in [0.1, 0.15) is 35.0 Å². The molecule has 8 aromatic rings. The molecule has 58 heavy (non-hydrogen) atoms. The number of aromatic nitrogens is 4. The molecule has 6 aromatic carbocycles. The zero-order valence-electron chi connectivity index (χ0n) is 31.3. The summed E-state index contributed by atoms with van der Waals surface area (Å²) in [7, 11) is 0. The first-order valence-corrected chi connectivity index (χ1v) is 19.5. The van der Waals surface area contributed by atoms with Crippen LogP contribution in [-0.4, -0.2) is 49.5 Å². The topological polar surface area (TPSA) is 118 Å². The second-order valence-electron chi connectivity index (χ2n) is 14.2. The van der Waals surface area contributed by atoms with Crippen LogP contribution < -0.4 is 5.73 Å². The number of imidazole rings is 1. The molecule has 0 amide bonds. The Morgan fingerprint density at radius 2 is 1.00 bits per heavy atom. The lowest BCUT2D eigenvalue weighted by molar-refractivity contribution is -0.122. The van der Waals surface area contributed by atoms with E-state index in [4.69, 9.17) is 31.5 Å². The predicted octanol–water partition coefficient (Wildman–Crippen LogP) is 8.71. The van der Waals surface area contributed by atoms with E-state index in [-0.39, 0.29) is 17.7 Å². The van der Waals surface area contributed by atoms with E-state index < -0.39 is 35.7 Å². The Hall–Kier alpha value is -6.20. The molecule has 0 radical (unpaired) electrons. The van der Waals surface area contributed by atoms with Gasteiger partial charge in [-0.2, -0.15) is 9.97 Å². The van der Waals surface area contributed by atoms with Gasteiger partial charge in [0.2, 0.25) is 5.95 Å². The van der Waals surface area contributed by atoms with Gasteiger partial charge in [-0.05, 0) is 33.4 Å². The molecular formula is C48H40ClN5O4. The Balaban J connectivity index is 1.20. The Bertz CT molecular complexity index is 2390. The molecule has 3 N–H and O–H groups in total. The van der Waals surface area contributed by atoms with Crippen molar-refractivity contribution in [2.24, 2.45) is 0 Å². The van der Waals surface area contributed by atoms with E-state index in [1.165, 1.54) is 0 Å². The number of fused-ring (bicyclic) bond motifs is 1. The summed E-state index contributed by atoms with van der Waals surface area (Å²) < 4.78 is 23.4. The summed E-state index contributed by atoms with van der Waals surface area (Å²) in [6.45, 7) is -0.0320. The highest BCUT2D eigenvalue weighted by molar-refractivity contribution is 6.33. The number of rotatable bonds is 12. The molecule has 0 aliphatic carbocycles. The SMILES string of the molecule is Nc1nc(Cl)c2ncn([C@@H]3O[C@H](COC(c4ccccc4)(c4ccccc4)c4ccccc4)[C@@H](O)[C@H]3OC(c3ccccc3)(c3ccccc3)c3ccccc3)c2n1. The number of halogens is 1. The number of aliphatic hydroxyl groups excluding tert-OH is 1. The van der Waals surface area contributed by atoms with E-state index in [0.717, 1.165) is 33.4 Å². The smallest absolute Gasteiger partial charge is 0.223 e. The van der Waals surface area contributed by atoms with E-state index in [0.29, 0.717) is 11.2 Å². The van der Waals surface area contributed by atoms with Crippen molar-refractivity contribution in [1.82, 2.24) is 19.5 Å². The summed E-state index contributed by atoms with van der Waals surface area (Å²) in [6.07, 6.45) is -2.57. The standard InChI is InChI=1S/C48H40ClN5O4/c49-43-40-44(53-46(50)52-43)54(32-51-40)45-42(58-48(36-25-13-4-14-26-36,37-27-15-5-16-28-37)38-29-17-6-18-30-38)41(55)39(57-45)31-56-47(33-19-7-1-8-20-33,34-21-9-2-10-22-34)35-23-11-3-12-24-35/h1-30,32,39,41-42,45,55H,31H2,(H2,50,52,53)/t39-,41-,42-,45-/m1/s1. The van der Waals surface area contributed by atoms with Crippen molar-refractivity contribution in [2.75, 3.05) is 12.3 Å². The maximum atomic E-state index is 12.8. The molecule has 1 aliphatic rings. The summed E-state index contributed by atoms with van der Waals surface area (Å²) in [5.74, 6) is -0.0271. The third-order valence-corrected chi connectivity index (χ3v) is 11.1. The quantitative estimate of drug-likeness (QED) is 0.0934. The highest BCUT2D eigenvalue weighted by Gasteiger charge is 2.52. The second-order valence-corrected chi connectivity index (χ2v) is 14.6. The van der Waals surface area contributed by atoms with Crippen molar-refractivity contribution in [3.8, 4) is 0 Å². The Morgan fingerprint density at radius 3 is 1.41 bits per heavy atom. The van der Waals surface area contributed by atoms with E-state index in [1.807, 2.05) is 146 Å². The molecule has 9 rings (SSSR count). The highest BCUT2D eigenvalue weighted by atomic mass is 35.5. The van der Waals surface area contributed by atoms with Gasteiger partial charge in [0.25, 0.3) is 0 Å². The lowest BCUT2D eigenvalue weighted by atomic mass is 9.79. The van der Waals surface area contributed by atoms with Gasteiger partial charge < -0.3 is 25.1 Å². The van der Waals surface area contributed by atoms with Crippen molar-refractivity contribution >= 4 is 28.7 Å². The fourth-order valence-electron chi connectivity index (χ4n) is 8.19. The fraction of sp³-hybridized carbons (Fsp3) is 0.146. The van der Waals surface area contributed by atoms with Crippen LogP contribution in [0.1, 0.15) is 39.6 Å². The predicted molar refractivity (Wildman–Crippen MR) is 224 cm³/mol. The Kier molecular flexibility index (Phi) is 10.3. The van der Waals surface area contributed by atoms with Crippen LogP contribution in [0, 0.1) is 0 Å². The van der Waals surface area contributed by atoms with Crippen molar-refractivity contribution in [3.05, 3.63) is 227 Å². The number of nitrogen functional groups attached to an aromatic ring is 1. The van der Waals surface area contributed by atoms with Crippen LogP contribution in [-0.2, 0) is 25.4 Å². The van der Waals surface area contributed by atoms with E-state index in [2.05, 4.69) is 51.4 Å². The first kappa shape index (κ1) is 37.4. The molecule has 0 spiro atoms. The maximum absolute atomic E-state index is 12.8. The van der Waals surface area contributed by atoms with Gasteiger partial charge in [0.05, 0.1) is 12.9 Å². The van der Waals surface area contributed by atoms with Crippen LogP contribution in [0.2, 0.25) is 5.15 Å². The average Bonchev–Trinajstić information content (AvgIpc) is 3.84. The number of ether oxygens (including phenoxy) is 3. The molecule has 3 heterocycles. The minimum atomic E-state index is -1.23. The third kappa shape index (κ3) is 6.62. The first-order valence-electron chi connectivity index (χ1n) is 19.1. The van der Waals surface area contributed by atoms with Gasteiger partial charge in [-0.1, -0.05) is 194 Å². The largest absolute Gasteiger partial charge is 0.387 e. The molecule has 1 aliphatic heterocycles. The number of anilines is 1. The molecule has 2 aromatic heterocycles. The van der Waals surface area contributed by atoms with Crippen LogP contribution >= 0.6 is 11.6 Å². The molecule has 0 bridgehead atoms. The molecule has 288 valence electrons.